The standard InChI is InChI=1S/C30H42O6/c1-15(17(3)28(35)36-7)8-9-16(2)19-10-11-20-24-23(32)14-21-18(4)22(31)12-13-29(21,5)25(24)26(33)27(34)30(19,20)6/h16-21,24-25H,1,8-14H2,2-7H3/t16-,17?,18+,19-,20?,21?,24?,25?,29+,30-/m1/s1. The lowest BCUT2D eigenvalue weighted by molar-refractivity contribution is -0.177. The number of fused-ring (bicyclic) bond motifs is 5. The average molecular weight is 499 g/mol. The van der Waals surface area contributed by atoms with E-state index < -0.39 is 22.7 Å². The van der Waals surface area contributed by atoms with E-state index in [2.05, 4.69) is 20.4 Å². The van der Waals surface area contributed by atoms with Gasteiger partial charge in [-0.2, -0.15) is 0 Å². The van der Waals surface area contributed by atoms with Gasteiger partial charge in [0, 0.05) is 36.0 Å². The minimum atomic E-state index is -0.845. The smallest absolute Gasteiger partial charge is 0.312 e. The number of rotatable bonds is 6. The third-order valence-corrected chi connectivity index (χ3v) is 11.3. The van der Waals surface area contributed by atoms with Crippen molar-refractivity contribution in [1.82, 2.24) is 0 Å². The molecule has 0 saturated heterocycles. The van der Waals surface area contributed by atoms with Crippen molar-refractivity contribution < 1.29 is 28.7 Å². The van der Waals surface area contributed by atoms with Crippen molar-refractivity contribution in [3.63, 3.8) is 0 Å². The van der Waals surface area contributed by atoms with E-state index in [4.69, 9.17) is 4.74 Å². The summed E-state index contributed by atoms with van der Waals surface area (Å²) in [6, 6.07) is 0. The molecule has 6 heteroatoms. The zero-order valence-corrected chi connectivity index (χ0v) is 22.7. The number of Topliss-reactive ketones (excluding diaryl/α,β-unsaturated/α-hetero) is 4. The Morgan fingerprint density at radius 2 is 1.75 bits per heavy atom. The van der Waals surface area contributed by atoms with Crippen LogP contribution in [-0.2, 0) is 28.7 Å². The summed E-state index contributed by atoms with van der Waals surface area (Å²) >= 11 is 0. The number of ketones is 4. The first-order chi connectivity index (χ1) is 16.8. The first-order valence-electron chi connectivity index (χ1n) is 13.7. The van der Waals surface area contributed by atoms with Crippen LogP contribution in [0.4, 0.5) is 0 Å². The molecule has 10 atom stereocenters. The van der Waals surface area contributed by atoms with Crippen molar-refractivity contribution in [2.75, 3.05) is 7.11 Å². The van der Waals surface area contributed by atoms with Gasteiger partial charge in [-0.1, -0.05) is 39.8 Å². The Morgan fingerprint density at radius 3 is 2.39 bits per heavy atom. The molecule has 0 aromatic carbocycles. The van der Waals surface area contributed by atoms with Gasteiger partial charge >= 0.3 is 5.97 Å². The SMILES string of the molecule is C=C(CC[C@@H](C)[C@H]1CCC2C3C(=O)CC4[C@H](C)C(=O)CC[C@]4(C)C3C(=O)C(=O)[C@@]21C)C(C)C(=O)OC. The van der Waals surface area contributed by atoms with Crippen molar-refractivity contribution in [1.29, 1.82) is 0 Å². The fourth-order valence-corrected chi connectivity index (χ4v) is 8.84. The number of hydrogen-bond acceptors (Lipinski definition) is 6. The Bertz CT molecular complexity index is 1010. The molecular weight excluding hydrogens is 456 g/mol. The monoisotopic (exact) mass is 498 g/mol. The molecule has 0 N–H and O–H groups in total. The van der Waals surface area contributed by atoms with E-state index in [1.54, 1.807) is 6.92 Å². The molecule has 36 heavy (non-hydrogen) atoms. The Kier molecular flexibility index (Phi) is 6.98. The van der Waals surface area contributed by atoms with Crippen LogP contribution in [0, 0.1) is 58.2 Å². The fourth-order valence-electron chi connectivity index (χ4n) is 8.84. The fraction of sp³-hybridized carbons (Fsp3) is 0.767. The molecule has 0 spiro atoms. The molecule has 4 rings (SSSR count). The number of carbonyl (C=O) groups excluding carboxylic acids is 5. The van der Waals surface area contributed by atoms with Gasteiger partial charge in [0.1, 0.15) is 11.6 Å². The molecule has 0 aromatic heterocycles. The van der Waals surface area contributed by atoms with Crippen LogP contribution in [0.15, 0.2) is 12.2 Å². The highest BCUT2D eigenvalue weighted by atomic mass is 16.5. The van der Waals surface area contributed by atoms with Crippen LogP contribution in [-0.4, -0.2) is 36.2 Å². The summed E-state index contributed by atoms with van der Waals surface area (Å²) in [5, 5.41) is 0. The molecule has 0 radical (unpaired) electrons. The minimum absolute atomic E-state index is 0.00585. The maximum atomic E-state index is 13.9. The van der Waals surface area contributed by atoms with Gasteiger partial charge in [0.05, 0.1) is 13.0 Å². The van der Waals surface area contributed by atoms with E-state index in [0.717, 1.165) is 24.8 Å². The summed E-state index contributed by atoms with van der Waals surface area (Å²) in [4.78, 5) is 65.8. The second kappa shape index (κ2) is 9.33. The molecule has 4 aliphatic rings. The van der Waals surface area contributed by atoms with Crippen molar-refractivity contribution in [3.8, 4) is 0 Å². The van der Waals surface area contributed by atoms with Gasteiger partial charge in [0.25, 0.3) is 0 Å². The lowest BCUT2D eigenvalue weighted by Gasteiger charge is -2.58. The number of ether oxygens (including phenoxy) is 1. The highest BCUT2D eigenvalue weighted by Crippen LogP contribution is 2.66. The summed E-state index contributed by atoms with van der Waals surface area (Å²) in [7, 11) is 1.37. The highest BCUT2D eigenvalue weighted by molar-refractivity contribution is 6.41. The van der Waals surface area contributed by atoms with E-state index in [1.807, 2.05) is 13.8 Å². The van der Waals surface area contributed by atoms with E-state index in [-0.39, 0.29) is 64.6 Å². The molecule has 0 bridgehead atoms. The largest absolute Gasteiger partial charge is 0.469 e. The van der Waals surface area contributed by atoms with Crippen molar-refractivity contribution >= 4 is 29.1 Å². The predicted octanol–water partition coefficient (Wildman–Crippen LogP) is 4.78. The number of carbonyl (C=O) groups is 5. The lowest BCUT2D eigenvalue weighted by Crippen LogP contribution is -2.65. The van der Waals surface area contributed by atoms with E-state index in [1.165, 1.54) is 7.11 Å². The van der Waals surface area contributed by atoms with Crippen molar-refractivity contribution in [2.45, 2.75) is 79.6 Å². The van der Waals surface area contributed by atoms with Crippen molar-refractivity contribution in [3.05, 3.63) is 12.2 Å². The minimum Gasteiger partial charge on any atom is -0.469 e. The van der Waals surface area contributed by atoms with Gasteiger partial charge in [0.2, 0.25) is 11.6 Å². The molecule has 0 heterocycles. The van der Waals surface area contributed by atoms with Gasteiger partial charge < -0.3 is 4.74 Å². The molecular formula is C30H42O6. The Morgan fingerprint density at radius 1 is 1.08 bits per heavy atom. The van der Waals surface area contributed by atoms with Gasteiger partial charge in [-0.15, -0.1) is 0 Å². The van der Waals surface area contributed by atoms with Gasteiger partial charge in [-0.3, -0.25) is 24.0 Å². The number of esters is 1. The molecule has 5 unspecified atom stereocenters. The normalized spacial score (nSPS) is 41.7. The number of methoxy groups -OCH3 is 1. The third kappa shape index (κ3) is 3.77. The second-order valence-corrected chi connectivity index (χ2v) is 12.7. The van der Waals surface area contributed by atoms with Crippen LogP contribution < -0.4 is 0 Å². The molecule has 0 amide bonds. The van der Waals surface area contributed by atoms with Crippen LogP contribution in [0.1, 0.15) is 79.6 Å². The third-order valence-electron chi connectivity index (χ3n) is 11.3. The molecule has 0 aromatic rings. The Labute approximate surface area is 215 Å². The van der Waals surface area contributed by atoms with Gasteiger partial charge in [-0.25, -0.2) is 0 Å². The molecule has 4 fully saturated rings. The summed E-state index contributed by atoms with van der Waals surface area (Å²) in [6.45, 7) is 13.9. The van der Waals surface area contributed by atoms with Gasteiger partial charge in [-0.05, 0) is 68.1 Å². The predicted molar refractivity (Wildman–Crippen MR) is 135 cm³/mol. The molecule has 4 saturated carbocycles. The van der Waals surface area contributed by atoms with Crippen LogP contribution in [0.5, 0.6) is 0 Å². The zero-order valence-electron chi connectivity index (χ0n) is 22.7. The number of hydrogen-bond donors (Lipinski definition) is 0. The Hall–Kier alpha value is -2.11. The Balaban J connectivity index is 1.59. The van der Waals surface area contributed by atoms with Crippen LogP contribution in [0.2, 0.25) is 0 Å². The van der Waals surface area contributed by atoms with Gasteiger partial charge in [0.15, 0.2) is 0 Å². The maximum Gasteiger partial charge on any atom is 0.312 e. The topological polar surface area (TPSA) is 94.6 Å². The summed E-state index contributed by atoms with van der Waals surface area (Å²) in [5.41, 5.74) is -0.519. The lowest BCUT2D eigenvalue weighted by atomic mass is 9.42. The second-order valence-electron chi connectivity index (χ2n) is 12.7. The van der Waals surface area contributed by atoms with E-state index in [9.17, 15) is 24.0 Å². The first-order valence-corrected chi connectivity index (χ1v) is 13.7. The van der Waals surface area contributed by atoms with Crippen LogP contribution >= 0.6 is 0 Å². The highest BCUT2D eigenvalue weighted by Gasteiger charge is 2.70. The molecule has 4 aliphatic carbocycles. The summed E-state index contributed by atoms with van der Waals surface area (Å²) < 4.78 is 4.84. The summed E-state index contributed by atoms with van der Waals surface area (Å²) in [5.74, 6) is -2.52. The molecule has 6 nitrogen and oxygen atoms in total. The molecule has 0 aliphatic heterocycles. The maximum absolute atomic E-state index is 13.9. The first kappa shape index (κ1) is 26.9. The van der Waals surface area contributed by atoms with Crippen LogP contribution in [0.25, 0.3) is 0 Å². The zero-order chi connectivity index (χ0) is 26.7. The summed E-state index contributed by atoms with van der Waals surface area (Å²) in [6.07, 6.45) is 4.33. The molecule has 198 valence electrons. The van der Waals surface area contributed by atoms with E-state index in [0.29, 0.717) is 25.7 Å². The quantitative estimate of drug-likeness (QED) is 0.297. The van der Waals surface area contributed by atoms with Crippen molar-refractivity contribution in [2.24, 2.45) is 58.2 Å². The van der Waals surface area contributed by atoms with Crippen LogP contribution in [0.3, 0.4) is 0 Å². The average Bonchev–Trinajstić information content (AvgIpc) is 3.21. The van der Waals surface area contributed by atoms with E-state index >= 15 is 0 Å².